The standard InChI is InChI=1S/C19H37NO3/c1-3-4-5-6-7-8-9-10-14-17-23-19(22)15-12-11-13-16-20-18(2)21/h3-17H2,1-2H3,(H,20,21). The Hall–Kier alpha value is -1.06. The van der Waals surface area contributed by atoms with E-state index in [1.165, 1.54) is 51.9 Å². The van der Waals surface area contributed by atoms with Crippen LogP contribution >= 0.6 is 0 Å². The Morgan fingerprint density at radius 2 is 1.35 bits per heavy atom. The van der Waals surface area contributed by atoms with Crippen LogP contribution in [0.2, 0.25) is 0 Å². The van der Waals surface area contributed by atoms with Gasteiger partial charge in [0.2, 0.25) is 5.91 Å². The smallest absolute Gasteiger partial charge is 0.305 e. The lowest BCUT2D eigenvalue weighted by molar-refractivity contribution is -0.143. The summed E-state index contributed by atoms with van der Waals surface area (Å²) in [6.45, 7) is 5.03. The molecule has 0 saturated carbocycles. The summed E-state index contributed by atoms with van der Waals surface area (Å²) in [5, 5.41) is 2.75. The third-order valence-electron chi connectivity index (χ3n) is 3.94. The first-order chi connectivity index (χ1) is 11.2. The Morgan fingerprint density at radius 1 is 0.783 bits per heavy atom. The van der Waals surface area contributed by atoms with Crippen molar-refractivity contribution in [2.75, 3.05) is 13.2 Å². The molecule has 0 saturated heterocycles. The van der Waals surface area contributed by atoms with Crippen molar-refractivity contribution in [2.24, 2.45) is 0 Å². The maximum Gasteiger partial charge on any atom is 0.305 e. The quantitative estimate of drug-likeness (QED) is 0.328. The summed E-state index contributed by atoms with van der Waals surface area (Å²) in [6.07, 6.45) is 14.7. The van der Waals surface area contributed by atoms with Gasteiger partial charge in [-0.15, -0.1) is 0 Å². The fourth-order valence-electron chi connectivity index (χ4n) is 2.51. The number of hydrogen-bond donors (Lipinski definition) is 1. The van der Waals surface area contributed by atoms with Crippen molar-refractivity contribution in [3.63, 3.8) is 0 Å². The molecule has 136 valence electrons. The Bertz CT molecular complexity index is 292. The molecule has 0 bridgehead atoms. The van der Waals surface area contributed by atoms with Crippen LogP contribution in [0.5, 0.6) is 0 Å². The average Bonchev–Trinajstić information content (AvgIpc) is 2.52. The molecule has 0 aliphatic carbocycles. The summed E-state index contributed by atoms with van der Waals surface area (Å²) >= 11 is 0. The molecule has 23 heavy (non-hydrogen) atoms. The number of amides is 1. The van der Waals surface area contributed by atoms with E-state index in [1.54, 1.807) is 0 Å². The Labute approximate surface area is 142 Å². The van der Waals surface area contributed by atoms with Gasteiger partial charge in [0.05, 0.1) is 6.61 Å². The highest BCUT2D eigenvalue weighted by Crippen LogP contribution is 2.09. The van der Waals surface area contributed by atoms with Crippen LogP contribution in [0.25, 0.3) is 0 Å². The van der Waals surface area contributed by atoms with E-state index in [4.69, 9.17) is 4.74 Å². The highest BCUT2D eigenvalue weighted by Gasteiger charge is 2.02. The van der Waals surface area contributed by atoms with Gasteiger partial charge in [-0.1, -0.05) is 64.7 Å². The average molecular weight is 328 g/mol. The van der Waals surface area contributed by atoms with Crippen molar-refractivity contribution in [3.8, 4) is 0 Å². The summed E-state index contributed by atoms with van der Waals surface area (Å²) in [7, 11) is 0. The number of carbonyl (C=O) groups is 2. The highest BCUT2D eigenvalue weighted by atomic mass is 16.5. The van der Waals surface area contributed by atoms with Crippen molar-refractivity contribution < 1.29 is 14.3 Å². The predicted molar refractivity (Wildman–Crippen MR) is 95.3 cm³/mol. The van der Waals surface area contributed by atoms with Gasteiger partial charge in [-0.05, 0) is 19.3 Å². The number of esters is 1. The second-order valence-corrected chi connectivity index (χ2v) is 6.34. The van der Waals surface area contributed by atoms with Crippen LogP contribution in [0, 0.1) is 0 Å². The summed E-state index contributed by atoms with van der Waals surface area (Å²) in [5.41, 5.74) is 0. The predicted octanol–water partition coefficient (Wildman–Crippen LogP) is 4.76. The molecule has 4 heteroatoms. The van der Waals surface area contributed by atoms with E-state index in [1.807, 2.05) is 0 Å². The molecule has 0 unspecified atom stereocenters. The van der Waals surface area contributed by atoms with E-state index in [0.717, 1.165) is 32.1 Å². The lowest BCUT2D eigenvalue weighted by Gasteiger charge is -2.05. The van der Waals surface area contributed by atoms with Gasteiger partial charge in [0.1, 0.15) is 0 Å². The van der Waals surface area contributed by atoms with Crippen LogP contribution in [0.3, 0.4) is 0 Å². The lowest BCUT2D eigenvalue weighted by atomic mass is 10.1. The first-order valence-electron chi connectivity index (χ1n) is 9.57. The van der Waals surface area contributed by atoms with Gasteiger partial charge in [0.15, 0.2) is 0 Å². The zero-order valence-electron chi connectivity index (χ0n) is 15.3. The third-order valence-corrected chi connectivity index (χ3v) is 3.94. The molecule has 1 N–H and O–H groups in total. The van der Waals surface area contributed by atoms with Crippen LogP contribution in [0.4, 0.5) is 0 Å². The molecule has 0 aromatic heterocycles. The summed E-state index contributed by atoms with van der Waals surface area (Å²) in [6, 6.07) is 0. The molecule has 1 amide bonds. The second kappa shape index (κ2) is 17.3. The molecule has 0 aliphatic rings. The van der Waals surface area contributed by atoms with Crippen molar-refractivity contribution >= 4 is 11.9 Å². The Kier molecular flexibility index (Phi) is 16.5. The summed E-state index contributed by atoms with van der Waals surface area (Å²) < 4.78 is 5.24. The molecule has 0 aliphatic heterocycles. The molecular formula is C19H37NO3. The Morgan fingerprint density at radius 3 is 1.96 bits per heavy atom. The molecule has 0 heterocycles. The normalized spacial score (nSPS) is 10.5. The third kappa shape index (κ3) is 18.9. The zero-order valence-corrected chi connectivity index (χ0v) is 15.3. The number of hydrogen-bond acceptors (Lipinski definition) is 3. The van der Waals surface area contributed by atoms with Crippen molar-refractivity contribution in [3.05, 3.63) is 0 Å². The van der Waals surface area contributed by atoms with Gasteiger partial charge in [-0.3, -0.25) is 9.59 Å². The molecule has 0 rings (SSSR count). The molecule has 4 nitrogen and oxygen atoms in total. The van der Waals surface area contributed by atoms with E-state index in [0.29, 0.717) is 19.6 Å². The first kappa shape index (κ1) is 21.9. The van der Waals surface area contributed by atoms with Gasteiger partial charge in [-0.25, -0.2) is 0 Å². The first-order valence-corrected chi connectivity index (χ1v) is 9.57. The van der Waals surface area contributed by atoms with Crippen LogP contribution in [-0.4, -0.2) is 25.0 Å². The number of unbranched alkanes of at least 4 members (excludes halogenated alkanes) is 10. The van der Waals surface area contributed by atoms with Gasteiger partial charge >= 0.3 is 5.97 Å². The minimum atomic E-state index is -0.0795. The lowest BCUT2D eigenvalue weighted by Crippen LogP contribution is -2.20. The maximum absolute atomic E-state index is 11.5. The van der Waals surface area contributed by atoms with Crippen LogP contribution in [0.15, 0.2) is 0 Å². The van der Waals surface area contributed by atoms with Crippen LogP contribution in [-0.2, 0) is 14.3 Å². The highest BCUT2D eigenvalue weighted by molar-refractivity contribution is 5.72. The summed E-state index contributed by atoms with van der Waals surface area (Å²) in [5.74, 6) is -0.0746. The fraction of sp³-hybridized carbons (Fsp3) is 0.895. The molecular weight excluding hydrogens is 290 g/mol. The minimum absolute atomic E-state index is 0.00497. The minimum Gasteiger partial charge on any atom is -0.466 e. The fourth-order valence-corrected chi connectivity index (χ4v) is 2.51. The monoisotopic (exact) mass is 327 g/mol. The van der Waals surface area contributed by atoms with Gasteiger partial charge in [0.25, 0.3) is 0 Å². The van der Waals surface area contributed by atoms with Gasteiger partial charge in [-0.2, -0.15) is 0 Å². The van der Waals surface area contributed by atoms with Gasteiger partial charge in [0, 0.05) is 19.9 Å². The molecule has 0 fully saturated rings. The summed E-state index contributed by atoms with van der Waals surface area (Å²) in [4.78, 5) is 22.2. The number of nitrogens with one attached hydrogen (secondary N) is 1. The van der Waals surface area contributed by atoms with Crippen LogP contribution < -0.4 is 5.32 Å². The van der Waals surface area contributed by atoms with Crippen molar-refractivity contribution in [1.82, 2.24) is 5.32 Å². The number of ether oxygens (including phenoxy) is 1. The Balaban J connectivity index is 3.17. The second-order valence-electron chi connectivity index (χ2n) is 6.34. The molecule has 0 atom stereocenters. The number of carbonyl (C=O) groups excluding carboxylic acids is 2. The van der Waals surface area contributed by atoms with Gasteiger partial charge < -0.3 is 10.1 Å². The van der Waals surface area contributed by atoms with Crippen molar-refractivity contribution in [2.45, 2.75) is 97.3 Å². The maximum atomic E-state index is 11.5. The molecule has 0 spiro atoms. The van der Waals surface area contributed by atoms with E-state index in [9.17, 15) is 9.59 Å². The van der Waals surface area contributed by atoms with E-state index in [-0.39, 0.29) is 11.9 Å². The SMILES string of the molecule is CCCCCCCCCCCOC(=O)CCCCCNC(C)=O. The van der Waals surface area contributed by atoms with E-state index < -0.39 is 0 Å². The van der Waals surface area contributed by atoms with E-state index in [2.05, 4.69) is 12.2 Å². The van der Waals surface area contributed by atoms with Crippen LogP contribution in [0.1, 0.15) is 97.3 Å². The largest absolute Gasteiger partial charge is 0.466 e. The molecule has 0 aromatic rings. The number of rotatable bonds is 16. The zero-order chi connectivity index (χ0) is 17.2. The topological polar surface area (TPSA) is 55.4 Å². The van der Waals surface area contributed by atoms with Crippen molar-refractivity contribution in [1.29, 1.82) is 0 Å². The molecule has 0 aromatic carbocycles. The van der Waals surface area contributed by atoms with E-state index >= 15 is 0 Å². The molecule has 0 radical (unpaired) electrons.